The molecular formula is C23H24N4O4S. The van der Waals surface area contributed by atoms with Gasteiger partial charge in [-0.25, -0.2) is 13.4 Å². The fraction of sp³-hybridized carbons (Fsp3) is 0.261. The molecule has 0 unspecified atom stereocenters. The van der Waals surface area contributed by atoms with E-state index in [1.165, 1.54) is 17.8 Å². The summed E-state index contributed by atoms with van der Waals surface area (Å²) in [5.41, 5.74) is 1.63. The van der Waals surface area contributed by atoms with Crippen LogP contribution < -0.4 is 24.0 Å². The number of nitrogens with zero attached hydrogens (tertiary/aromatic N) is 3. The second-order valence-electron chi connectivity index (χ2n) is 7.63. The lowest BCUT2D eigenvalue weighted by atomic mass is 10.2. The Morgan fingerprint density at radius 2 is 1.53 bits per heavy atom. The molecule has 2 aliphatic rings. The molecular weight excluding hydrogens is 428 g/mol. The zero-order valence-corrected chi connectivity index (χ0v) is 18.3. The van der Waals surface area contributed by atoms with E-state index in [-0.39, 0.29) is 4.90 Å². The molecule has 32 heavy (non-hydrogen) atoms. The molecule has 1 saturated heterocycles. The van der Waals surface area contributed by atoms with Crippen LogP contribution in [-0.2, 0) is 10.0 Å². The zero-order chi connectivity index (χ0) is 22.0. The highest BCUT2D eigenvalue weighted by Crippen LogP contribution is 2.32. The second-order valence-corrected chi connectivity index (χ2v) is 9.31. The average molecular weight is 453 g/mol. The van der Waals surface area contributed by atoms with Crippen LogP contribution in [0.1, 0.15) is 0 Å². The molecule has 0 amide bonds. The molecule has 1 fully saturated rings. The molecule has 8 nitrogen and oxygen atoms in total. The highest BCUT2D eigenvalue weighted by atomic mass is 32.2. The Kier molecular flexibility index (Phi) is 5.48. The van der Waals surface area contributed by atoms with Crippen molar-refractivity contribution >= 4 is 27.2 Å². The number of benzene rings is 2. The Morgan fingerprint density at radius 1 is 0.812 bits per heavy atom. The van der Waals surface area contributed by atoms with Crippen molar-refractivity contribution in [3.8, 4) is 11.5 Å². The zero-order valence-electron chi connectivity index (χ0n) is 17.5. The highest BCUT2D eigenvalue weighted by molar-refractivity contribution is 7.92. The van der Waals surface area contributed by atoms with Gasteiger partial charge in [0.1, 0.15) is 19.0 Å². The molecule has 1 aromatic heterocycles. The van der Waals surface area contributed by atoms with Gasteiger partial charge < -0.3 is 19.3 Å². The van der Waals surface area contributed by atoms with Gasteiger partial charge in [-0.2, -0.15) is 0 Å². The number of pyridine rings is 1. The standard InChI is InChI=1S/C23H24N4O4S/c28-32(29,20-7-8-21-22(16-20)31-15-14-30-21)25-18-6-9-23(24-17-18)27-12-10-26(11-13-27)19-4-2-1-3-5-19/h1-9,16-17,25H,10-15H2. The number of ether oxygens (including phenoxy) is 2. The van der Waals surface area contributed by atoms with Gasteiger partial charge in [-0.05, 0) is 36.4 Å². The van der Waals surface area contributed by atoms with E-state index in [9.17, 15) is 8.42 Å². The molecule has 5 rings (SSSR count). The maximum atomic E-state index is 12.8. The Bertz CT molecular complexity index is 1180. The highest BCUT2D eigenvalue weighted by Gasteiger charge is 2.21. The van der Waals surface area contributed by atoms with Crippen molar-refractivity contribution in [1.82, 2.24) is 4.98 Å². The van der Waals surface area contributed by atoms with Crippen LogP contribution in [-0.4, -0.2) is 52.8 Å². The summed E-state index contributed by atoms with van der Waals surface area (Å²) in [7, 11) is -3.77. The normalized spacial score (nSPS) is 16.0. The lowest BCUT2D eigenvalue weighted by molar-refractivity contribution is 0.171. The summed E-state index contributed by atoms with van der Waals surface area (Å²) in [5, 5.41) is 0. The van der Waals surface area contributed by atoms with Crippen molar-refractivity contribution in [3.63, 3.8) is 0 Å². The Balaban J connectivity index is 1.23. The van der Waals surface area contributed by atoms with E-state index < -0.39 is 10.0 Å². The fourth-order valence-electron chi connectivity index (χ4n) is 3.87. The van der Waals surface area contributed by atoms with Gasteiger partial charge in [0.2, 0.25) is 0 Å². The number of anilines is 3. The summed E-state index contributed by atoms with van der Waals surface area (Å²) in [6.07, 6.45) is 1.55. The average Bonchev–Trinajstić information content (AvgIpc) is 2.85. The molecule has 3 aromatic rings. The van der Waals surface area contributed by atoms with E-state index in [0.29, 0.717) is 30.4 Å². The van der Waals surface area contributed by atoms with E-state index in [1.54, 1.807) is 18.3 Å². The molecule has 0 atom stereocenters. The summed E-state index contributed by atoms with van der Waals surface area (Å²) in [6.45, 7) is 4.37. The number of hydrogen-bond acceptors (Lipinski definition) is 7. The molecule has 166 valence electrons. The smallest absolute Gasteiger partial charge is 0.262 e. The van der Waals surface area contributed by atoms with Crippen molar-refractivity contribution in [1.29, 1.82) is 0 Å². The number of nitrogens with one attached hydrogen (secondary N) is 1. The van der Waals surface area contributed by atoms with Crippen molar-refractivity contribution in [2.45, 2.75) is 4.90 Å². The van der Waals surface area contributed by atoms with Gasteiger partial charge in [-0.1, -0.05) is 18.2 Å². The first kappa shape index (κ1) is 20.4. The lowest BCUT2D eigenvalue weighted by Crippen LogP contribution is -2.46. The summed E-state index contributed by atoms with van der Waals surface area (Å²) in [6, 6.07) is 18.5. The molecule has 0 saturated carbocycles. The number of fused-ring (bicyclic) bond motifs is 1. The summed E-state index contributed by atoms with van der Waals surface area (Å²) in [5.74, 6) is 1.82. The maximum absolute atomic E-state index is 12.8. The van der Waals surface area contributed by atoms with Gasteiger partial charge >= 0.3 is 0 Å². The third-order valence-electron chi connectivity index (χ3n) is 5.55. The SMILES string of the molecule is O=S(=O)(Nc1ccc(N2CCN(c3ccccc3)CC2)nc1)c1ccc2c(c1)OCCO2. The van der Waals surface area contributed by atoms with Crippen LogP contribution in [0.5, 0.6) is 11.5 Å². The van der Waals surface area contributed by atoms with Gasteiger partial charge in [0.25, 0.3) is 10.0 Å². The van der Waals surface area contributed by atoms with E-state index in [1.807, 2.05) is 24.3 Å². The molecule has 3 heterocycles. The minimum atomic E-state index is -3.77. The van der Waals surface area contributed by atoms with Crippen LogP contribution in [0.2, 0.25) is 0 Å². The van der Waals surface area contributed by atoms with Crippen molar-refractivity contribution in [2.75, 3.05) is 53.9 Å². The van der Waals surface area contributed by atoms with Gasteiger partial charge in [-0.3, -0.25) is 4.72 Å². The third kappa shape index (κ3) is 4.29. The predicted octanol–water partition coefficient (Wildman–Crippen LogP) is 2.98. The van der Waals surface area contributed by atoms with E-state index in [2.05, 4.69) is 31.6 Å². The lowest BCUT2D eigenvalue weighted by Gasteiger charge is -2.36. The van der Waals surface area contributed by atoms with Crippen LogP contribution in [0, 0.1) is 0 Å². The monoisotopic (exact) mass is 452 g/mol. The number of sulfonamides is 1. The van der Waals surface area contributed by atoms with E-state index >= 15 is 0 Å². The molecule has 0 radical (unpaired) electrons. The maximum Gasteiger partial charge on any atom is 0.262 e. The van der Waals surface area contributed by atoms with Crippen LogP contribution in [0.15, 0.2) is 71.8 Å². The third-order valence-corrected chi connectivity index (χ3v) is 6.93. The first-order chi connectivity index (χ1) is 15.6. The van der Waals surface area contributed by atoms with Gasteiger partial charge in [0, 0.05) is 37.9 Å². The summed E-state index contributed by atoms with van der Waals surface area (Å²) < 4.78 is 39.1. The predicted molar refractivity (Wildman–Crippen MR) is 123 cm³/mol. The fourth-order valence-corrected chi connectivity index (χ4v) is 4.93. The van der Waals surface area contributed by atoms with Crippen LogP contribution >= 0.6 is 0 Å². The molecule has 0 bridgehead atoms. The second kappa shape index (κ2) is 8.58. The van der Waals surface area contributed by atoms with Crippen LogP contribution in [0.4, 0.5) is 17.2 Å². The number of aromatic nitrogens is 1. The van der Waals surface area contributed by atoms with Gasteiger partial charge in [-0.15, -0.1) is 0 Å². The van der Waals surface area contributed by atoms with Crippen molar-refractivity contribution in [2.24, 2.45) is 0 Å². The Hall–Kier alpha value is -3.46. The Morgan fingerprint density at radius 3 is 2.25 bits per heavy atom. The number of rotatable bonds is 5. The first-order valence-corrected chi connectivity index (χ1v) is 12.0. The van der Waals surface area contributed by atoms with Gasteiger partial charge in [0.15, 0.2) is 11.5 Å². The number of hydrogen-bond donors (Lipinski definition) is 1. The van der Waals surface area contributed by atoms with Crippen LogP contribution in [0.25, 0.3) is 0 Å². The Labute approximate surface area is 187 Å². The minimum Gasteiger partial charge on any atom is -0.486 e. The number of piperazine rings is 1. The van der Waals surface area contributed by atoms with Crippen LogP contribution in [0.3, 0.4) is 0 Å². The summed E-state index contributed by atoms with van der Waals surface area (Å²) >= 11 is 0. The van der Waals surface area contributed by atoms with E-state index in [4.69, 9.17) is 9.47 Å². The molecule has 2 aromatic carbocycles. The van der Waals surface area contributed by atoms with Crippen molar-refractivity contribution < 1.29 is 17.9 Å². The molecule has 1 N–H and O–H groups in total. The molecule has 0 aliphatic carbocycles. The largest absolute Gasteiger partial charge is 0.486 e. The van der Waals surface area contributed by atoms with Crippen molar-refractivity contribution in [3.05, 3.63) is 66.9 Å². The summed E-state index contributed by atoms with van der Waals surface area (Å²) in [4.78, 5) is 9.16. The molecule has 2 aliphatic heterocycles. The van der Waals surface area contributed by atoms with E-state index in [0.717, 1.165) is 32.0 Å². The minimum absolute atomic E-state index is 0.114. The first-order valence-electron chi connectivity index (χ1n) is 10.5. The quantitative estimate of drug-likeness (QED) is 0.637. The van der Waals surface area contributed by atoms with Gasteiger partial charge in [0.05, 0.1) is 16.8 Å². The topological polar surface area (TPSA) is 84.0 Å². The molecule has 0 spiro atoms. The number of para-hydroxylation sites is 1. The molecule has 9 heteroatoms.